The van der Waals surface area contributed by atoms with E-state index < -0.39 is 0 Å². The Labute approximate surface area is 162 Å². The number of aromatic nitrogens is 3. The fraction of sp³-hybridized carbons (Fsp3) is 0.400. The number of rotatable bonds is 6. The maximum Gasteiger partial charge on any atom is 0.242 e. The molecular weight excluding hydrogens is 358 g/mol. The van der Waals surface area contributed by atoms with Gasteiger partial charge in [-0.1, -0.05) is 25.1 Å². The van der Waals surface area contributed by atoms with Gasteiger partial charge in [0.15, 0.2) is 0 Å². The number of fused-ring (bicyclic) bond motifs is 1. The van der Waals surface area contributed by atoms with Crippen LogP contribution in [0.25, 0.3) is 10.9 Å². The van der Waals surface area contributed by atoms with Gasteiger partial charge in [-0.05, 0) is 18.1 Å². The summed E-state index contributed by atoms with van der Waals surface area (Å²) in [5.41, 5.74) is 2.16. The number of carbonyl (C=O) groups is 2. The molecule has 1 aliphatic heterocycles. The largest absolute Gasteiger partial charge is 0.425 e. The third-order valence-electron chi connectivity index (χ3n) is 5.12. The number of hydrogen-bond donors (Lipinski definition) is 2. The summed E-state index contributed by atoms with van der Waals surface area (Å²) in [5.74, 6) is 0.827. The van der Waals surface area contributed by atoms with Crippen molar-refractivity contribution in [2.45, 2.75) is 38.6 Å². The first-order chi connectivity index (χ1) is 13.7. The van der Waals surface area contributed by atoms with Gasteiger partial charge < -0.3 is 19.6 Å². The Bertz CT molecular complexity index is 993. The molecule has 1 aromatic carbocycles. The van der Waals surface area contributed by atoms with Crippen LogP contribution in [0, 0.1) is 0 Å². The van der Waals surface area contributed by atoms with Crippen LogP contribution in [0.5, 0.6) is 0 Å². The first-order valence-corrected chi connectivity index (χ1v) is 9.59. The van der Waals surface area contributed by atoms with Crippen molar-refractivity contribution in [2.75, 3.05) is 13.1 Å². The van der Waals surface area contributed by atoms with E-state index in [9.17, 15) is 9.59 Å². The number of hydrogen-bond acceptors (Lipinski definition) is 5. The summed E-state index contributed by atoms with van der Waals surface area (Å²) in [6.07, 6.45) is 3.71. The molecule has 0 unspecified atom stereocenters. The molecule has 3 heterocycles. The van der Waals surface area contributed by atoms with Crippen LogP contribution in [0.3, 0.4) is 0 Å². The Morgan fingerprint density at radius 1 is 1.29 bits per heavy atom. The van der Waals surface area contributed by atoms with Crippen molar-refractivity contribution in [1.29, 1.82) is 0 Å². The Morgan fingerprint density at radius 3 is 2.96 bits per heavy atom. The summed E-state index contributed by atoms with van der Waals surface area (Å²) in [6, 6.07) is 7.67. The topological polar surface area (TPSA) is 104 Å². The molecule has 4 rings (SSSR count). The quantitative estimate of drug-likeness (QED) is 0.678. The van der Waals surface area contributed by atoms with E-state index in [1.165, 1.54) is 0 Å². The molecule has 0 radical (unpaired) electrons. The van der Waals surface area contributed by atoms with Crippen molar-refractivity contribution >= 4 is 22.7 Å². The molecule has 2 amide bonds. The van der Waals surface area contributed by atoms with Gasteiger partial charge in [-0.2, -0.15) is 0 Å². The van der Waals surface area contributed by atoms with Crippen molar-refractivity contribution in [2.24, 2.45) is 0 Å². The highest BCUT2D eigenvalue weighted by Gasteiger charge is 2.31. The van der Waals surface area contributed by atoms with E-state index in [0.29, 0.717) is 44.1 Å². The lowest BCUT2D eigenvalue weighted by Gasteiger charge is -2.34. The molecule has 0 saturated carbocycles. The summed E-state index contributed by atoms with van der Waals surface area (Å²) in [7, 11) is 0. The van der Waals surface area contributed by atoms with Gasteiger partial charge in [-0.3, -0.25) is 9.59 Å². The van der Waals surface area contributed by atoms with Gasteiger partial charge in [0, 0.05) is 43.0 Å². The highest BCUT2D eigenvalue weighted by Crippen LogP contribution is 2.20. The van der Waals surface area contributed by atoms with Gasteiger partial charge in [0.25, 0.3) is 0 Å². The Balaban J connectivity index is 1.37. The van der Waals surface area contributed by atoms with E-state index in [2.05, 4.69) is 26.6 Å². The van der Waals surface area contributed by atoms with Gasteiger partial charge in [0.2, 0.25) is 23.6 Å². The first kappa shape index (κ1) is 18.2. The number of aromatic amines is 1. The van der Waals surface area contributed by atoms with Crippen molar-refractivity contribution < 1.29 is 14.0 Å². The molecule has 28 heavy (non-hydrogen) atoms. The van der Waals surface area contributed by atoms with Crippen LogP contribution in [0.2, 0.25) is 0 Å². The second kappa shape index (κ2) is 7.84. The number of piperazine rings is 1. The molecule has 1 atom stereocenters. The zero-order valence-electron chi connectivity index (χ0n) is 15.8. The Morgan fingerprint density at radius 2 is 2.11 bits per heavy atom. The van der Waals surface area contributed by atoms with Gasteiger partial charge in [0.05, 0.1) is 6.42 Å². The van der Waals surface area contributed by atoms with Gasteiger partial charge in [-0.15, -0.1) is 10.2 Å². The van der Waals surface area contributed by atoms with E-state index in [1.807, 2.05) is 31.3 Å². The van der Waals surface area contributed by atoms with Crippen LogP contribution >= 0.6 is 0 Å². The highest BCUT2D eigenvalue weighted by atomic mass is 16.4. The zero-order chi connectivity index (χ0) is 19.5. The minimum Gasteiger partial charge on any atom is -0.425 e. The molecule has 1 saturated heterocycles. The predicted octanol–water partition coefficient (Wildman–Crippen LogP) is 1.81. The summed E-state index contributed by atoms with van der Waals surface area (Å²) in [4.78, 5) is 29.3. The lowest BCUT2D eigenvalue weighted by atomic mass is 10.1. The molecule has 3 aromatic rings. The average Bonchev–Trinajstić information content (AvgIpc) is 3.33. The number of nitrogens with zero attached hydrogens (tertiary/aromatic N) is 3. The molecule has 1 aliphatic rings. The Hall–Kier alpha value is -3.16. The molecule has 8 heteroatoms. The van der Waals surface area contributed by atoms with Crippen LogP contribution < -0.4 is 5.32 Å². The van der Waals surface area contributed by atoms with Crippen LogP contribution in [0.15, 0.2) is 34.9 Å². The predicted molar refractivity (Wildman–Crippen MR) is 103 cm³/mol. The highest BCUT2D eigenvalue weighted by molar-refractivity contribution is 5.88. The molecule has 0 aliphatic carbocycles. The summed E-state index contributed by atoms with van der Waals surface area (Å²) in [5, 5.41) is 12.1. The van der Waals surface area contributed by atoms with E-state index in [1.54, 1.807) is 4.90 Å². The molecule has 0 bridgehead atoms. The molecular formula is C20H23N5O3. The molecule has 146 valence electrons. The summed E-state index contributed by atoms with van der Waals surface area (Å²) in [6.45, 7) is 2.94. The maximum absolute atomic E-state index is 12.5. The average molecular weight is 381 g/mol. The van der Waals surface area contributed by atoms with Crippen LogP contribution in [-0.4, -0.2) is 51.0 Å². The van der Waals surface area contributed by atoms with E-state index >= 15 is 0 Å². The van der Waals surface area contributed by atoms with Crippen molar-refractivity contribution in [3.8, 4) is 0 Å². The lowest BCUT2D eigenvalue weighted by molar-refractivity contribution is -0.143. The number of nitrogens with one attached hydrogen (secondary N) is 2. The van der Waals surface area contributed by atoms with Gasteiger partial charge in [0.1, 0.15) is 6.04 Å². The van der Waals surface area contributed by atoms with E-state index in [0.717, 1.165) is 16.5 Å². The second-order valence-corrected chi connectivity index (χ2v) is 6.93. The minimum atomic E-state index is -0.388. The van der Waals surface area contributed by atoms with Gasteiger partial charge in [-0.25, -0.2) is 0 Å². The normalized spacial score (nSPS) is 17.1. The molecule has 2 N–H and O–H groups in total. The summed E-state index contributed by atoms with van der Waals surface area (Å²) >= 11 is 0. The summed E-state index contributed by atoms with van der Waals surface area (Å²) < 4.78 is 5.73. The van der Waals surface area contributed by atoms with Crippen molar-refractivity contribution in [3.05, 3.63) is 47.8 Å². The molecule has 0 spiro atoms. The van der Waals surface area contributed by atoms with E-state index in [4.69, 9.17) is 4.42 Å². The zero-order valence-corrected chi connectivity index (χ0v) is 15.8. The molecule has 2 aromatic heterocycles. The standard InChI is InChI=1S/C20H23N5O3/c1-2-16-20(27)21-9-10-25(16)19(26)8-7-17-23-24-18(28-17)11-13-12-22-15-6-4-3-5-14(13)15/h3-6,12,16,22H,2,7-11H2,1H3,(H,21,27)/t16-/m1/s1. The van der Waals surface area contributed by atoms with Crippen LogP contribution in [0.1, 0.15) is 37.1 Å². The third-order valence-corrected chi connectivity index (χ3v) is 5.12. The fourth-order valence-electron chi connectivity index (χ4n) is 3.68. The Kier molecular flexibility index (Phi) is 5.10. The third kappa shape index (κ3) is 3.62. The number of H-pyrrole nitrogens is 1. The lowest BCUT2D eigenvalue weighted by Crippen LogP contribution is -2.56. The fourth-order valence-corrected chi connectivity index (χ4v) is 3.68. The van der Waals surface area contributed by atoms with Crippen molar-refractivity contribution in [1.82, 2.24) is 25.4 Å². The van der Waals surface area contributed by atoms with Gasteiger partial charge >= 0.3 is 0 Å². The molecule has 8 nitrogen and oxygen atoms in total. The molecule has 1 fully saturated rings. The smallest absolute Gasteiger partial charge is 0.242 e. The first-order valence-electron chi connectivity index (χ1n) is 9.59. The number of aryl methyl sites for hydroxylation is 1. The number of para-hydroxylation sites is 1. The van der Waals surface area contributed by atoms with E-state index in [-0.39, 0.29) is 24.3 Å². The minimum absolute atomic E-state index is 0.0573. The second-order valence-electron chi connectivity index (χ2n) is 6.93. The number of carbonyl (C=O) groups excluding carboxylic acids is 2. The number of benzene rings is 1. The van der Waals surface area contributed by atoms with Crippen LogP contribution in [-0.2, 0) is 22.4 Å². The monoisotopic (exact) mass is 381 g/mol. The SMILES string of the molecule is CC[C@@H]1C(=O)NCCN1C(=O)CCc1nnc(Cc2c[nH]c3ccccc23)o1. The van der Waals surface area contributed by atoms with Crippen molar-refractivity contribution in [3.63, 3.8) is 0 Å². The maximum atomic E-state index is 12.5. The van der Waals surface area contributed by atoms with Crippen LogP contribution in [0.4, 0.5) is 0 Å². The number of amides is 2.